The molecule has 0 bridgehead atoms. The number of carbonyl (C=O) groups excluding carboxylic acids is 1. The zero-order valence-electron chi connectivity index (χ0n) is 8.20. The van der Waals surface area contributed by atoms with Crippen LogP contribution < -0.4 is 5.32 Å². The zero-order chi connectivity index (χ0) is 9.10. The fourth-order valence-corrected chi connectivity index (χ4v) is 1.91. The maximum absolute atomic E-state index is 11.8. The van der Waals surface area contributed by atoms with Gasteiger partial charge in [-0.15, -0.1) is 12.4 Å². The Morgan fingerprint density at radius 1 is 1.36 bits per heavy atom. The highest BCUT2D eigenvalue weighted by Gasteiger charge is 2.27. The van der Waals surface area contributed by atoms with Crippen LogP contribution in [0.25, 0.3) is 0 Å². The Morgan fingerprint density at radius 3 is 2.64 bits per heavy atom. The molecule has 1 atom stereocenters. The lowest BCUT2D eigenvalue weighted by Gasteiger charge is -2.28. The molecule has 1 amide bonds. The van der Waals surface area contributed by atoms with Gasteiger partial charge < -0.3 is 15.0 Å². The Kier molecular flexibility index (Phi) is 4.65. The highest BCUT2D eigenvalue weighted by Crippen LogP contribution is 2.12. The van der Waals surface area contributed by atoms with E-state index < -0.39 is 0 Å². The summed E-state index contributed by atoms with van der Waals surface area (Å²) in [6.07, 6.45) is 0.996. The first-order valence-corrected chi connectivity index (χ1v) is 4.95. The highest BCUT2D eigenvalue weighted by atomic mass is 35.5. The number of nitrogens with one attached hydrogen (secondary N) is 1. The van der Waals surface area contributed by atoms with Crippen LogP contribution in [0, 0.1) is 5.92 Å². The molecule has 2 aliphatic heterocycles. The monoisotopic (exact) mass is 220 g/mol. The average Bonchev–Trinajstić information content (AvgIpc) is 2.71. The van der Waals surface area contributed by atoms with Crippen molar-refractivity contribution in [3.05, 3.63) is 0 Å². The Labute approximate surface area is 90.4 Å². The first-order chi connectivity index (χ1) is 6.38. The number of rotatable bonds is 1. The van der Waals surface area contributed by atoms with Gasteiger partial charge >= 0.3 is 0 Å². The van der Waals surface area contributed by atoms with E-state index in [0.717, 1.165) is 32.6 Å². The lowest BCUT2D eigenvalue weighted by atomic mass is 10.1. The molecule has 4 nitrogen and oxygen atoms in total. The number of halogens is 1. The summed E-state index contributed by atoms with van der Waals surface area (Å²) in [5.74, 6) is 0.534. The minimum Gasteiger partial charge on any atom is -0.378 e. The minimum atomic E-state index is 0. The molecular weight excluding hydrogens is 204 g/mol. The van der Waals surface area contributed by atoms with Gasteiger partial charge in [-0.1, -0.05) is 0 Å². The summed E-state index contributed by atoms with van der Waals surface area (Å²) in [6, 6.07) is 0. The maximum atomic E-state index is 11.8. The van der Waals surface area contributed by atoms with Gasteiger partial charge in [-0.2, -0.15) is 0 Å². The molecule has 0 aromatic rings. The molecule has 0 radical (unpaired) electrons. The Balaban J connectivity index is 0.000000980. The van der Waals surface area contributed by atoms with Crippen LogP contribution in [0.3, 0.4) is 0 Å². The summed E-state index contributed by atoms with van der Waals surface area (Å²) >= 11 is 0. The molecule has 2 rings (SSSR count). The Bertz CT molecular complexity index is 189. The summed E-state index contributed by atoms with van der Waals surface area (Å²) in [5, 5.41) is 3.21. The predicted octanol–water partition coefficient (Wildman–Crippen LogP) is -0.124. The van der Waals surface area contributed by atoms with Crippen molar-refractivity contribution in [1.82, 2.24) is 10.2 Å². The fraction of sp³-hybridized carbons (Fsp3) is 0.889. The van der Waals surface area contributed by atoms with E-state index in [9.17, 15) is 4.79 Å². The van der Waals surface area contributed by atoms with Crippen molar-refractivity contribution in [3.8, 4) is 0 Å². The van der Waals surface area contributed by atoms with Crippen molar-refractivity contribution in [2.75, 3.05) is 39.4 Å². The second-order valence-electron chi connectivity index (χ2n) is 3.63. The van der Waals surface area contributed by atoms with E-state index in [1.54, 1.807) is 0 Å². The van der Waals surface area contributed by atoms with E-state index in [-0.39, 0.29) is 18.3 Å². The fourth-order valence-electron chi connectivity index (χ4n) is 1.91. The molecule has 0 aliphatic carbocycles. The van der Waals surface area contributed by atoms with E-state index in [1.807, 2.05) is 4.90 Å². The third-order valence-electron chi connectivity index (χ3n) is 2.73. The topological polar surface area (TPSA) is 41.6 Å². The molecule has 2 aliphatic rings. The number of carbonyl (C=O) groups is 1. The SMILES string of the molecule is Cl.O=C(C1CCNC1)N1CCOCC1. The lowest BCUT2D eigenvalue weighted by Crippen LogP contribution is -2.44. The third-order valence-corrected chi connectivity index (χ3v) is 2.73. The quantitative estimate of drug-likeness (QED) is 0.670. The normalized spacial score (nSPS) is 27.1. The van der Waals surface area contributed by atoms with Crippen LogP contribution in [0.4, 0.5) is 0 Å². The molecule has 14 heavy (non-hydrogen) atoms. The van der Waals surface area contributed by atoms with Crippen molar-refractivity contribution in [2.45, 2.75) is 6.42 Å². The molecule has 2 fully saturated rings. The van der Waals surface area contributed by atoms with Crippen molar-refractivity contribution < 1.29 is 9.53 Å². The van der Waals surface area contributed by atoms with Crippen molar-refractivity contribution in [3.63, 3.8) is 0 Å². The van der Waals surface area contributed by atoms with Crippen molar-refractivity contribution in [1.29, 1.82) is 0 Å². The molecule has 5 heteroatoms. The van der Waals surface area contributed by atoms with Crippen LogP contribution in [-0.2, 0) is 9.53 Å². The summed E-state index contributed by atoms with van der Waals surface area (Å²) in [4.78, 5) is 13.8. The largest absolute Gasteiger partial charge is 0.378 e. The number of morpholine rings is 1. The first-order valence-electron chi connectivity index (χ1n) is 4.95. The number of amides is 1. The number of hydrogen-bond acceptors (Lipinski definition) is 3. The van der Waals surface area contributed by atoms with Crippen LogP contribution in [0.2, 0.25) is 0 Å². The predicted molar refractivity (Wildman–Crippen MR) is 55.6 cm³/mol. The van der Waals surface area contributed by atoms with Gasteiger partial charge in [0.25, 0.3) is 0 Å². The maximum Gasteiger partial charge on any atom is 0.227 e. The molecule has 82 valence electrons. The minimum absolute atomic E-state index is 0. The van der Waals surface area contributed by atoms with E-state index in [2.05, 4.69) is 5.32 Å². The van der Waals surface area contributed by atoms with E-state index in [4.69, 9.17) is 4.74 Å². The summed E-state index contributed by atoms with van der Waals surface area (Å²) in [6.45, 7) is 4.79. The van der Waals surface area contributed by atoms with E-state index in [1.165, 1.54) is 0 Å². The van der Waals surface area contributed by atoms with E-state index in [0.29, 0.717) is 19.1 Å². The summed E-state index contributed by atoms with van der Waals surface area (Å²) in [5.41, 5.74) is 0. The average molecular weight is 221 g/mol. The van der Waals surface area contributed by atoms with Gasteiger partial charge in [-0.25, -0.2) is 0 Å². The summed E-state index contributed by atoms with van der Waals surface area (Å²) < 4.78 is 5.20. The molecular formula is C9H17ClN2O2. The second-order valence-corrected chi connectivity index (χ2v) is 3.63. The van der Waals surface area contributed by atoms with Crippen LogP contribution in [0.15, 0.2) is 0 Å². The zero-order valence-corrected chi connectivity index (χ0v) is 9.02. The van der Waals surface area contributed by atoms with Gasteiger partial charge in [0.15, 0.2) is 0 Å². The second kappa shape index (κ2) is 5.53. The smallest absolute Gasteiger partial charge is 0.227 e. The van der Waals surface area contributed by atoms with Crippen molar-refractivity contribution >= 4 is 18.3 Å². The van der Waals surface area contributed by atoms with Gasteiger partial charge in [0, 0.05) is 19.6 Å². The molecule has 0 saturated carbocycles. The van der Waals surface area contributed by atoms with Crippen molar-refractivity contribution in [2.24, 2.45) is 5.92 Å². The van der Waals surface area contributed by atoms with Gasteiger partial charge in [0.1, 0.15) is 0 Å². The van der Waals surface area contributed by atoms with Crippen LogP contribution in [-0.4, -0.2) is 50.2 Å². The third kappa shape index (κ3) is 2.59. The van der Waals surface area contributed by atoms with Crippen LogP contribution in [0.1, 0.15) is 6.42 Å². The van der Waals surface area contributed by atoms with Gasteiger partial charge in [-0.3, -0.25) is 4.79 Å². The van der Waals surface area contributed by atoms with E-state index >= 15 is 0 Å². The Hall–Kier alpha value is -0.320. The van der Waals surface area contributed by atoms with Gasteiger partial charge in [0.2, 0.25) is 5.91 Å². The van der Waals surface area contributed by atoms with Crippen LogP contribution >= 0.6 is 12.4 Å². The first kappa shape index (κ1) is 11.8. The molecule has 0 aromatic carbocycles. The van der Waals surface area contributed by atoms with Gasteiger partial charge in [0.05, 0.1) is 19.1 Å². The highest BCUT2D eigenvalue weighted by molar-refractivity contribution is 5.85. The van der Waals surface area contributed by atoms with Gasteiger partial charge in [-0.05, 0) is 13.0 Å². The number of ether oxygens (including phenoxy) is 1. The molecule has 0 spiro atoms. The van der Waals surface area contributed by atoms with Crippen LogP contribution in [0.5, 0.6) is 0 Å². The molecule has 1 unspecified atom stereocenters. The molecule has 2 heterocycles. The molecule has 2 saturated heterocycles. The molecule has 1 N–H and O–H groups in total. The molecule has 0 aromatic heterocycles. The standard InChI is InChI=1S/C9H16N2O2.ClH/c12-9(8-1-2-10-7-8)11-3-5-13-6-4-11;/h8,10H,1-7H2;1H. The number of nitrogens with zero attached hydrogens (tertiary/aromatic N) is 1. The summed E-state index contributed by atoms with van der Waals surface area (Å²) in [7, 11) is 0. The number of hydrogen-bond donors (Lipinski definition) is 1. The Morgan fingerprint density at radius 2 is 2.07 bits per heavy atom. The lowest BCUT2D eigenvalue weighted by molar-refractivity contribution is -0.139.